The van der Waals surface area contributed by atoms with Gasteiger partial charge in [-0.15, -0.1) is 0 Å². The van der Waals surface area contributed by atoms with Crippen LogP contribution in [-0.4, -0.2) is 35.7 Å². The Kier molecular flexibility index (Phi) is 7.58. The lowest BCUT2D eigenvalue weighted by molar-refractivity contribution is -0.137. The Morgan fingerprint density at radius 1 is 0.943 bits per heavy atom. The summed E-state index contributed by atoms with van der Waals surface area (Å²) in [5, 5.41) is 14.8. The van der Waals surface area contributed by atoms with E-state index in [4.69, 9.17) is 33.0 Å². The van der Waals surface area contributed by atoms with Crippen LogP contribution in [0.1, 0.15) is 29.9 Å². The molecule has 0 radical (unpaired) electrons. The number of fused-ring (bicyclic) bond motifs is 3. The van der Waals surface area contributed by atoms with Gasteiger partial charge in [-0.3, -0.25) is 9.59 Å². The molecule has 0 saturated carbocycles. The van der Waals surface area contributed by atoms with Gasteiger partial charge < -0.3 is 20.5 Å². The van der Waals surface area contributed by atoms with Crippen LogP contribution in [0.5, 0.6) is 0 Å². The maximum absolute atomic E-state index is 12.8. The first-order chi connectivity index (χ1) is 16.8. The fraction of sp³-hybridized carbons (Fsp3) is 0.192. The molecule has 0 aliphatic heterocycles. The number of hydrogen-bond donors (Lipinski definition) is 3. The maximum Gasteiger partial charge on any atom is 0.407 e. The van der Waals surface area contributed by atoms with Crippen LogP contribution in [0.3, 0.4) is 0 Å². The molecule has 1 atom stereocenters. The molecule has 3 aromatic carbocycles. The normalized spacial score (nSPS) is 12.9. The fourth-order valence-corrected chi connectivity index (χ4v) is 4.59. The van der Waals surface area contributed by atoms with Crippen molar-refractivity contribution in [3.8, 4) is 11.1 Å². The lowest BCUT2D eigenvalue weighted by Gasteiger charge is -2.19. The minimum absolute atomic E-state index is 0.0656. The maximum atomic E-state index is 12.8. The molecule has 0 bridgehead atoms. The number of rotatable bonds is 8. The van der Waals surface area contributed by atoms with Gasteiger partial charge in [0.05, 0.1) is 10.7 Å². The number of alkyl carbamates (subject to hydrolysis) is 1. The number of carboxylic acids is 1. The average molecular weight is 513 g/mol. The smallest absolute Gasteiger partial charge is 0.407 e. The van der Waals surface area contributed by atoms with Gasteiger partial charge in [0.15, 0.2) is 0 Å². The molecule has 0 aromatic heterocycles. The highest BCUT2D eigenvalue weighted by atomic mass is 35.5. The Morgan fingerprint density at radius 3 is 2.17 bits per heavy atom. The number of hydrogen-bond acceptors (Lipinski definition) is 4. The summed E-state index contributed by atoms with van der Waals surface area (Å²) in [6.07, 6.45) is -1.27. The summed E-state index contributed by atoms with van der Waals surface area (Å²) in [4.78, 5) is 36.5. The molecule has 3 aromatic rings. The van der Waals surface area contributed by atoms with E-state index in [2.05, 4.69) is 10.6 Å². The van der Waals surface area contributed by atoms with Gasteiger partial charge in [-0.1, -0.05) is 71.7 Å². The highest BCUT2D eigenvalue weighted by Gasteiger charge is 2.30. The van der Waals surface area contributed by atoms with Crippen LogP contribution >= 0.6 is 23.2 Å². The largest absolute Gasteiger partial charge is 0.481 e. The van der Waals surface area contributed by atoms with Crippen LogP contribution in [0.15, 0.2) is 66.7 Å². The van der Waals surface area contributed by atoms with E-state index in [1.165, 1.54) is 12.1 Å². The summed E-state index contributed by atoms with van der Waals surface area (Å²) in [5.41, 5.74) is 4.58. The molecule has 1 unspecified atom stereocenters. The summed E-state index contributed by atoms with van der Waals surface area (Å²) in [5.74, 6) is -1.86. The molecule has 7 nitrogen and oxygen atoms in total. The topological polar surface area (TPSA) is 105 Å². The third-order valence-corrected chi connectivity index (χ3v) is 6.34. The summed E-state index contributed by atoms with van der Waals surface area (Å²) >= 11 is 12.0. The third-order valence-electron chi connectivity index (χ3n) is 5.79. The first-order valence-corrected chi connectivity index (χ1v) is 11.7. The zero-order valence-electron chi connectivity index (χ0n) is 18.5. The zero-order valence-corrected chi connectivity index (χ0v) is 20.0. The van der Waals surface area contributed by atoms with E-state index in [1.807, 2.05) is 48.5 Å². The van der Waals surface area contributed by atoms with Crippen LogP contribution in [-0.2, 0) is 14.3 Å². The van der Waals surface area contributed by atoms with Gasteiger partial charge in [0.2, 0.25) is 5.91 Å². The van der Waals surface area contributed by atoms with Crippen molar-refractivity contribution in [1.29, 1.82) is 0 Å². The van der Waals surface area contributed by atoms with Crippen LogP contribution in [0.2, 0.25) is 10.0 Å². The molecule has 1 aliphatic carbocycles. The van der Waals surface area contributed by atoms with Crippen LogP contribution in [0.25, 0.3) is 11.1 Å². The van der Waals surface area contributed by atoms with E-state index in [0.717, 1.165) is 22.3 Å². The molecule has 0 fully saturated rings. The van der Waals surface area contributed by atoms with Gasteiger partial charge >= 0.3 is 12.1 Å². The average Bonchev–Trinajstić information content (AvgIpc) is 3.15. The number of halogens is 2. The summed E-state index contributed by atoms with van der Waals surface area (Å²) in [6, 6.07) is 19.2. The second-order valence-electron chi connectivity index (χ2n) is 8.07. The van der Waals surface area contributed by atoms with Crippen LogP contribution < -0.4 is 10.6 Å². The Morgan fingerprint density at radius 2 is 1.57 bits per heavy atom. The van der Waals surface area contributed by atoms with Crippen molar-refractivity contribution in [2.24, 2.45) is 0 Å². The number of aliphatic carboxylic acids is 1. The van der Waals surface area contributed by atoms with Crippen molar-refractivity contribution >= 4 is 46.9 Å². The number of nitrogens with one attached hydrogen (secondary N) is 2. The molecule has 0 spiro atoms. The van der Waals surface area contributed by atoms with E-state index in [0.29, 0.717) is 5.02 Å². The zero-order chi connectivity index (χ0) is 24.9. The Balaban J connectivity index is 1.43. The Hall–Kier alpha value is -3.55. The highest BCUT2D eigenvalue weighted by Crippen LogP contribution is 2.44. The van der Waals surface area contributed by atoms with Crippen LogP contribution in [0.4, 0.5) is 10.5 Å². The second kappa shape index (κ2) is 10.8. The predicted molar refractivity (Wildman–Crippen MR) is 134 cm³/mol. The molecular weight excluding hydrogens is 491 g/mol. The highest BCUT2D eigenvalue weighted by molar-refractivity contribution is 6.36. The lowest BCUT2D eigenvalue weighted by Crippen LogP contribution is -2.44. The van der Waals surface area contributed by atoms with Gasteiger partial charge in [-0.05, 0) is 46.9 Å². The van der Waals surface area contributed by atoms with Gasteiger partial charge in [0.25, 0.3) is 0 Å². The molecule has 0 heterocycles. The predicted octanol–water partition coefficient (Wildman–Crippen LogP) is 5.70. The summed E-state index contributed by atoms with van der Waals surface area (Å²) in [6.45, 7) is 0.0656. The molecule has 4 rings (SSSR count). The molecular formula is C26H22Cl2N2O5. The van der Waals surface area contributed by atoms with E-state index in [1.54, 1.807) is 6.07 Å². The summed E-state index contributed by atoms with van der Waals surface area (Å²) < 4.78 is 5.50. The summed E-state index contributed by atoms with van der Waals surface area (Å²) in [7, 11) is 0. The van der Waals surface area contributed by atoms with Crippen LogP contribution in [0, 0.1) is 0 Å². The molecule has 180 valence electrons. The van der Waals surface area contributed by atoms with Gasteiger partial charge in [-0.2, -0.15) is 0 Å². The minimum atomic E-state index is -1.14. The van der Waals surface area contributed by atoms with Crippen molar-refractivity contribution in [1.82, 2.24) is 5.32 Å². The van der Waals surface area contributed by atoms with Crippen molar-refractivity contribution < 1.29 is 24.2 Å². The van der Waals surface area contributed by atoms with E-state index < -0.39 is 24.0 Å². The molecule has 9 heteroatoms. The second-order valence-corrected chi connectivity index (χ2v) is 8.91. The number of carbonyl (C=O) groups excluding carboxylic acids is 2. The van der Waals surface area contributed by atoms with Crippen molar-refractivity contribution in [2.45, 2.75) is 24.8 Å². The van der Waals surface area contributed by atoms with Gasteiger partial charge in [0.1, 0.15) is 12.6 Å². The SMILES string of the molecule is O=C(O)CCC(NC(=O)OCC1c2ccccc2-c2ccccc21)C(=O)Nc1ccc(Cl)cc1Cl. The first-order valence-electron chi connectivity index (χ1n) is 10.9. The van der Waals surface area contributed by atoms with Crippen molar-refractivity contribution in [2.75, 3.05) is 11.9 Å². The number of benzene rings is 3. The quantitative estimate of drug-likeness (QED) is 0.358. The number of amides is 2. The molecule has 35 heavy (non-hydrogen) atoms. The van der Waals surface area contributed by atoms with Gasteiger partial charge in [-0.25, -0.2) is 4.79 Å². The molecule has 3 N–H and O–H groups in total. The van der Waals surface area contributed by atoms with Crippen molar-refractivity contribution in [3.05, 3.63) is 87.9 Å². The molecule has 2 amide bonds. The Bertz CT molecular complexity index is 1230. The standard InChI is InChI=1S/C26H22Cl2N2O5/c27-15-9-10-22(21(28)13-15)29-25(33)23(11-12-24(31)32)30-26(34)35-14-20-18-7-3-1-5-16(18)17-6-2-4-8-19(17)20/h1-10,13,20,23H,11-12,14H2,(H,29,33)(H,30,34)(H,31,32). The van der Waals surface area contributed by atoms with Crippen molar-refractivity contribution in [3.63, 3.8) is 0 Å². The number of ether oxygens (including phenoxy) is 1. The molecule has 1 aliphatic rings. The van der Waals surface area contributed by atoms with E-state index in [-0.39, 0.29) is 36.1 Å². The van der Waals surface area contributed by atoms with E-state index in [9.17, 15) is 14.4 Å². The first kappa shape index (κ1) is 24.6. The van der Waals surface area contributed by atoms with E-state index >= 15 is 0 Å². The monoisotopic (exact) mass is 512 g/mol. The Labute approximate surface area is 212 Å². The number of carboxylic acid groups (broad SMARTS) is 1. The number of anilines is 1. The third kappa shape index (κ3) is 5.75. The fourth-order valence-electron chi connectivity index (χ4n) is 4.13. The lowest BCUT2D eigenvalue weighted by atomic mass is 9.98. The molecule has 0 saturated heterocycles. The van der Waals surface area contributed by atoms with Gasteiger partial charge in [0, 0.05) is 17.4 Å². The number of carbonyl (C=O) groups is 3. The minimum Gasteiger partial charge on any atom is -0.481 e.